The van der Waals surface area contributed by atoms with Crippen molar-refractivity contribution in [2.24, 2.45) is 23.9 Å². The standard InChI is InChI=1S/C23H21N7O3/c1-24-22-20(30(3)10-25-22)23(31)29(2)9-18-27-21(28-33-18)19-14-6-13(7-15(14)19)12-4-5-17-16(8-12)26-11-32-17/h4-6,8,10-11,14-15,19H,1,7,9H2,2-3H3. The molecule has 0 spiro atoms. The van der Waals surface area contributed by atoms with E-state index in [1.807, 2.05) is 6.07 Å². The Morgan fingerprint density at radius 1 is 1.36 bits per heavy atom. The number of carbonyl (C=O) groups excluding carboxylic acids is 1. The van der Waals surface area contributed by atoms with E-state index in [1.165, 1.54) is 28.8 Å². The van der Waals surface area contributed by atoms with Crippen LogP contribution in [0, 0.1) is 11.8 Å². The van der Waals surface area contributed by atoms with Crippen LogP contribution in [0.25, 0.3) is 16.7 Å². The molecule has 0 aliphatic heterocycles. The molecule has 0 radical (unpaired) electrons. The van der Waals surface area contributed by atoms with E-state index >= 15 is 0 Å². The normalized spacial score (nSPS) is 21.2. The summed E-state index contributed by atoms with van der Waals surface area (Å²) in [5, 5.41) is 4.20. The molecule has 10 heteroatoms. The number of allylic oxidation sites excluding steroid dienone is 2. The summed E-state index contributed by atoms with van der Waals surface area (Å²) in [5.41, 5.74) is 4.53. The number of aliphatic imine (C=N–C) groups is 1. The summed E-state index contributed by atoms with van der Waals surface area (Å²) in [6, 6.07) is 6.11. The van der Waals surface area contributed by atoms with Crippen molar-refractivity contribution in [1.82, 2.24) is 29.6 Å². The molecule has 2 aliphatic carbocycles. The lowest BCUT2D eigenvalue weighted by molar-refractivity contribution is 0.0761. The number of hydrogen-bond acceptors (Lipinski definition) is 8. The average Bonchev–Trinajstić information content (AvgIpc) is 3.40. The number of oxazole rings is 1. The Bertz CT molecular complexity index is 1430. The van der Waals surface area contributed by atoms with Gasteiger partial charge in [-0.05, 0) is 48.2 Å². The second-order valence-electron chi connectivity index (χ2n) is 8.59. The number of rotatable bonds is 6. The van der Waals surface area contributed by atoms with Gasteiger partial charge in [0.2, 0.25) is 5.89 Å². The number of carbonyl (C=O) groups is 1. The molecule has 0 saturated heterocycles. The Hall–Kier alpha value is -4.08. The molecule has 0 bridgehead atoms. The van der Waals surface area contributed by atoms with Gasteiger partial charge in [0.25, 0.3) is 5.91 Å². The lowest BCUT2D eigenvalue weighted by atomic mass is 10.0. The molecule has 10 nitrogen and oxygen atoms in total. The van der Waals surface area contributed by atoms with Crippen molar-refractivity contribution in [2.45, 2.75) is 18.9 Å². The highest BCUT2D eigenvalue weighted by Crippen LogP contribution is 2.62. The fourth-order valence-electron chi connectivity index (χ4n) is 4.78. The summed E-state index contributed by atoms with van der Waals surface area (Å²) in [6.45, 7) is 3.68. The predicted molar refractivity (Wildman–Crippen MR) is 119 cm³/mol. The molecular weight excluding hydrogens is 422 g/mol. The Balaban J connectivity index is 1.13. The van der Waals surface area contributed by atoms with E-state index in [1.54, 1.807) is 18.7 Å². The third-order valence-electron chi connectivity index (χ3n) is 6.55. The maximum atomic E-state index is 12.8. The number of nitrogens with zero attached hydrogens (tertiary/aromatic N) is 7. The summed E-state index contributed by atoms with van der Waals surface area (Å²) >= 11 is 0. The monoisotopic (exact) mass is 443 g/mol. The van der Waals surface area contributed by atoms with Crippen molar-refractivity contribution >= 4 is 35.1 Å². The lowest BCUT2D eigenvalue weighted by Gasteiger charge is -2.15. The molecule has 1 saturated carbocycles. The molecule has 33 heavy (non-hydrogen) atoms. The van der Waals surface area contributed by atoms with E-state index in [-0.39, 0.29) is 18.4 Å². The van der Waals surface area contributed by atoms with E-state index in [2.05, 4.69) is 50.0 Å². The van der Waals surface area contributed by atoms with Gasteiger partial charge in [-0.15, -0.1) is 0 Å². The maximum Gasteiger partial charge on any atom is 0.274 e. The summed E-state index contributed by atoms with van der Waals surface area (Å²) in [7, 11) is 3.42. The van der Waals surface area contributed by atoms with E-state index in [0.717, 1.165) is 17.5 Å². The fraction of sp³-hybridized carbons (Fsp3) is 0.304. The van der Waals surface area contributed by atoms with Crippen LogP contribution in [-0.2, 0) is 13.6 Å². The van der Waals surface area contributed by atoms with E-state index in [0.29, 0.717) is 35.1 Å². The van der Waals surface area contributed by atoms with Crippen molar-refractivity contribution in [3.05, 3.63) is 60.0 Å². The summed E-state index contributed by atoms with van der Waals surface area (Å²) < 4.78 is 12.4. The van der Waals surface area contributed by atoms with E-state index in [4.69, 9.17) is 8.94 Å². The van der Waals surface area contributed by atoms with Crippen LogP contribution in [0.15, 0.2) is 50.9 Å². The third-order valence-corrected chi connectivity index (χ3v) is 6.55. The molecule has 166 valence electrons. The molecule has 2 aliphatic rings. The van der Waals surface area contributed by atoms with Crippen molar-refractivity contribution < 1.29 is 13.7 Å². The second-order valence-corrected chi connectivity index (χ2v) is 8.59. The molecule has 4 aromatic rings. The molecule has 3 atom stereocenters. The number of aryl methyl sites for hydroxylation is 1. The van der Waals surface area contributed by atoms with E-state index < -0.39 is 0 Å². The Morgan fingerprint density at radius 3 is 3.03 bits per heavy atom. The minimum absolute atomic E-state index is 0.203. The number of amides is 1. The number of aromatic nitrogens is 5. The van der Waals surface area contributed by atoms with Gasteiger partial charge in [-0.3, -0.25) is 4.79 Å². The van der Waals surface area contributed by atoms with Crippen LogP contribution in [0.3, 0.4) is 0 Å². The van der Waals surface area contributed by atoms with Gasteiger partial charge in [0.15, 0.2) is 29.3 Å². The highest BCUT2D eigenvalue weighted by molar-refractivity contribution is 5.96. The van der Waals surface area contributed by atoms with Crippen molar-refractivity contribution in [3.63, 3.8) is 0 Å². The first-order valence-corrected chi connectivity index (χ1v) is 10.6. The average molecular weight is 443 g/mol. The molecule has 3 heterocycles. The summed E-state index contributed by atoms with van der Waals surface area (Å²) in [6.07, 6.45) is 6.29. The second kappa shape index (κ2) is 7.22. The highest BCUT2D eigenvalue weighted by Gasteiger charge is 2.55. The van der Waals surface area contributed by atoms with Gasteiger partial charge in [0.1, 0.15) is 12.1 Å². The largest absolute Gasteiger partial charge is 0.443 e. The molecule has 6 rings (SSSR count). The zero-order valence-corrected chi connectivity index (χ0v) is 18.2. The number of benzene rings is 1. The Morgan fingerprint density at radius 2 is 2.24 bits per heavy atom. The van der Waals surface area contributed by atoms with Gasteiger partial charge in [-0.25, -0.2) is 15.0 Å². The SMILES string of the molecule is C=Nc1ncn(C)c1C(=O)N(C)Cc1nc(C2C3C=C(c4ccc5ocnc5c4)CC32)no1. The van der Waals surface area contributed by atoms with Crippen LogP contribution in [0.2, 0.25) is 0 Å². The maximum absolute atomic E-state index is 12.8. The molecule has 3 unspecified atom stereocenters. The molecule has 1 fully saturated rings. The molecule has 3 aromatic heterocycles. The van der Waals surface area contributed by atoms with Gasteiger partial charge in [-0.1, -0.05) is 17.3 Å². The molecule has 1 aromatic carbocycles. The van der Waals surface area contributed by atoms with Gasteiger partial charge in [-0.2, -0.15) is 4.98 Å². The van der Waals surface area contributed by atoms with Crippen molar-refractivity contribution in [2.75, 3.05) is 7.05 Å². The van der Waals surface area contributed by atoms with Gasteiger partial charge in [0.05, 0.1) is 6.33 Å². The topological polar surface area (TPSA) is 115 Å². The summed E-state index contributed by atoms with van der Waals surface area (Å²) in [5.74, 6) is 2.33. The minimum Gasteiger partial charge on any atom is -0.443 e. The number of hydrogen-bond donors (Lipinski definition) is 0. The van der Waals surface area contributed by atoms with Gasteiger partial charge < -0.3 is 18.4 Å². The van der Waals surface area contributed by atoms with Crippen LogP contribution < -0.4 is 0 Å². The number of fused-ring (bicyclic) bond motifs is 2. The zero-order chi connectivity index (χ0) is 22.7. The summed E-state index contributed by atoms with van der Waals surface area (Å²) in [4.78, 5) is 31.0. The highest BCUT2D eigenvalue weighted by atomic mass is 16.5. The van der Waals surface area contributed by atoms with Crippen LogP contribution in [0.4, 0.5) is 5.82 Å². The lowest BCUT2D eigenvalue weighted by Crippen LogP contribution is -2.28. The van der Waals surface area contributed by atoms with Crippen LogP contribution >= 0.6 is 0 Å². The number of imidazole rings is 1. The van der Waals surface area contributed by atoms with Gasteiger partial charge >= 0.3 is 0 Å². The third kappa shape index (κ3) is 3.17. The zero-order valence-electron chi connectivity index (χ0n) is 18.2. The first-order valence-electron chi connectivity index (χ1n) is 10.6. The van der Waals surface area contributed by atoms with E-state index in [9.17, 15) is 4.79 Å². The van der Waals surface area contributed by atoms with Crippen LogP contribution in [-0.4, -0.2) is 49.2 Å². The fourth-order valence-corrected chi connectivity index (χ4v) is 4.78. The quantitative estimate of drug-likeness (QED) is 0.420. The van der Waals surface area contributed by atoms with Crippen molar-refractivity contribution in [1.29, 1.82) is 0 Å². The minimum atomic E-state index is -0.239. The van der Waals surface area contributed by atoms with Crippen LogP contribution in [0.1, 0.15) is 40.1 Å². The molecule has 1 amide bonds. The predicted octanol–water partition coefficient (Wildman–Crippen LogP) is 3.37. The Kier molecular flexibility index (Phi) is 4.29. The Labute approximate surface area is 188 Å². The molecular formula is C23H21N7O3. The van der Waals surface area contributed by atoms with Crippen LogP contribution in [0.5, 0.6) is 0 Å². The first kappa shape index (κ1) is 19.6. The van der Waals surface area contributed by atoms with Gasteiger partial charge in [0, 0.05) is 20.0 Å². The smallest absolute Gasteiger partial charge is 0.274 e. The van der Waals surface area contributed by atoms with Crippen molar-refractivity contribution in [3.8, 4) is 0 Å². The molecule has 0 N–H and O–H groups in total. The first-order chi connectivity index (χ1) is 16.0.